The van der Waals surface area contributed by atoms with E-state index in [2.05, 4.69) is 15.3 Å². The van der Waals surface area contributed by atoms with E-state index < -0.39 is 0 Å². The zero-order valence-electron chi connectivity index (χ0n) is 13.0. The summed E-state index contributed by atoms with van der Waals surface area (Å²) in [5.41, 5.74) is 2.11. The summed E-state index contributed by atoms with van der Waals surface area (Å²) in [5, 5.41) is 22.7. The summed E-state index contributed by atoms with van der Waals surface area (Å²) >= 11 is 0. The fourth-order valence-corrected chi connectivity index (χ4v) is 2.96. The third-order valence-electron chi connectivity index (χ3n) is 4.20. The van der Waals surface area contributed by atoms with Crippen LogP contribution in [0.3, 0.4) is 0 Å². The van der Waals surface area contributed by atoms with Crippen LogP contribution in [0, 0.1) is 0 Å². The smallest absolute Gasteiger partial charge is 0.158 e. The molecule has 0 amide bonds. The number of fused-ring (bicyclic) bond motifs is 1. The van der Waals surface area contributed by atoms with Gasteiger partial charge in [0.2, 0.25) is 0 Å². The molecule has 7 nitrogen and oxygen atoms in total. The second-order valence-corrected chi connectivity index (χ2v) is 5.83. The van der Waals surface area contributed by atoms with Crippen LogP contribution in [0.5, 0.6) is 11.5 Å². The minimum absolute atomic E-state index is 0.155. The Kier molecular flexibility index (Phi) is 3.70. The molecule has 0 bridgehead atoms. The maximum Gasteiger partial charge on any atom is 0.158 e. The van der Waals surface area contributed by atoms with Crippen LogP contribution in [0.1, 0.15) is 12.8 Å². The maximum absolute atomic E-state index is 9.79. The average molecular weight is 326 g/mol. The number of rotatable bonds is 4. The number of aromatic nitrogens is 3. The van der Waals surface area contributed by atoms with Crippen LogP contribution < -0.4 is 5.32 Å². The number of hydrogen-bond acceptors (Lipinski definition) is 6. The summed E-state index contributed by atoms with van der Waals surface area (Å²) in [6.45, 7) is 1.50. The highest BCUT2D eigenvalue weighted by Gasteiger charge is 2.19. The standard InChI is InChI=1S/C17H18N4O3/c22-13-4-3-11(8-14(13)23)16-17(19-9-12-2-1-7-24-12)21-6-5-18-10-15(21)20-16/h3-6,8,10,12,19,22-23H,1-2,7,9H2/t12-/m1/s1. The van der Waals surface area contributed by atoms with E-state index in [1.165, 1.54) is 12.1 Å². The van der Waals surface area contributed by atoms with Crippen LogP contribution in [0.25, 0.3) is 16.9 Å². The van der Waals surface area contributed by atoms with Crippen LogP contribution in [0.15, 0.2) is 36.8 Å². The molecule has 2 aromatic heterocycles. The van der Waals surface area contributed by atoms with E-state index in [9.17, 15) is 10.2 Å². The molecule has 1 aromatic carbocycles. The van der Waals surface area contributed by atoms with Gasteiger partial charge in [0.15, 0.2) is 17.1 Å². The Balaban J connectivity index is 1.75. The van der Waals surface area contributed by atoms with Crippen molar-refractivity contribution >= 4 is 11.5 Å². The number of nitrogens with one attached hydrogen (secondary N) is 1. The summed E-state index contributed by atoms with van der Waals surface area (Å²) in [6.07, 6.45) is 7.54. The highest BCUT2D eigenvalue weighted by Crippen LogP contribution is 2.34. The Morgan fingerprint density at radius 1 is 1.29 bits per heavy atom. The molecule has 1 fully saturated rings. The van der Waals surface area contributed by atoms with E-state index in [0.29, 0.717) is 23.4 Å². The third-order valence-corrected chi connectivity index (χ3v) is 4.20. The molecule has 4 rings (SSSR count). The second kappa shape index (κ2) is 6.01. The molecule has 0 radical (unpaired) electrons. The first kappa shape index (κ1) is 14.8. The van der Waals surface area contributed by atoms with Gasteiger partial charge in [0.25, 0.3) is 0 Å². The minimum atomic E-state index is -0.173. The first-order chi connectivity index (χ1) is 11.7. The SMILES string of the molecule is Oc1ccc(-c2nc3cnccn3c2NC[C@H]2CCCO2)cc1O. The summed E-state index contributed by atoms with van der Waals surface area (Å²) in [6, 6.07) is 4.68. The first-order valence-corrected chi connectivity index (χ1v) is 7.92. The number of aromatic hydroxyl groups is 2. The molecule has 0 saturated carbocycles. The number of phenolic OH excluding ortho intramolecular Hbond substituents is 2. The maximum atomic E-state index is 9.79. The zero-order chi connectivity index (χ0) is 16.5. The van der Waals surface area contributed by atoms with Gasteiger partial charge in [-0.2, -0.15) is 0 Å². The Bertz CT molecular complexity index is 871. The van der Waals surface area contributed by atoms with Gasteiger partial charge in [0.05, 0.1) is 12.3 Å². The lowest BCUT2D eigenvalue weighted by molar-refractivity contribution is 0.120. The lowest BCUT2D eigenvalue weighted by Gasteiger charge is -2.13. The molecule has 3 aromatic rings. The number of benzene rings is 1. The van der Waals surface area contributed by atoms with Gasteiger partial charge in [0, 0.05) is 31.1 Å². The van der Waals surface area contributed by atoms with E-state index in [1.807, 2.05) is 10.6 Å². The van der Waals surface area contributed by atoms with Gasteiger partial charge < -0.3 is 20.3 Å². The molecule has 1 atom stereocenters. The molecule has 0 aliphatic carbocycles. The van der Waals surface area contributed by atoms with Gasteiger partial charge in [-0.15, -0.1) is 0 Å². The van der Waals surface area contributed by atoms with Gasteiger partial charge >= 0.3 is 0 Å². The topological polar surface area (TPSA) is 91.9 Å². The van der Waals surface area contributed by atoms with Gasteiger partial charge in [-0.3, -0.25) is 9.38 Å². The second-order valence-electron chi connectivity index (χ2n) is 5.83. The molecule has 0 unspecified atom stereocenters. The predicted octanol–water partition coefficient (Wildman–Crippen LogP) is 2.40. The Labute approximate surface area is 138 Å². The van der Waals surface area contributed by atoms with Gasteiger partial charge in [-0.05, 0) is 31.0 Å². The lowest BCUT2D eigenvalue weighted by atomic mass is 10.1. The summed E-state index contributed by atoms with van der Waals surface area (Å²) < 4.78 is 7.58. The van der Waals surface area contributed by atoms with E-state index in [0.717, 1.165) is 25.3 Å². The number of nitrogens with zero attached hydrogens (tertiary/aromatic N) is 3. The molecule has 124 valence electrons. The molecular weight excluding hydrogens is 308 g/mol. The van der Waals surface area contributed by atoms with Crippen molar-refractivity contribution < 1.29 is 14.9 Å². The lowest BCUT2D eigenvalue weighted by Crippen LogP contribution is -2.19. The number of hydrogen-bond donors (Lipinski definition) is 3. The number of phenols is 2. The molecule has 3 heterocycles. The van der Waals surface area contributed by atoms with Crippen molar-refractivity contribution in [3.05, 3.63) is 36.8 Å². The van der Waals surface area contributed by atoms with Crippen LogP contribution >= 0.6 is 0 Å². The molecular formula is C17H18N4O3. The van der Waals surface area contributed by atoms with Crippen molar-refractivity contribution in [1.82, 2.24) is 14.4 Å². The van der Waals surface area contributed by atoms with Crippen molar-refractivity contribution in [2.75, 3.05) is 18.5 Å². The van der Waals surface area contributed by atoms with Crippen LogP contribution in [-0.2, 0) is 4.74 Å². The van der Waals surface area contributed by atoms with Gasteiger partial charge in [-0.1, -0.05) is 0 Å². The number of anilines is 1. The number of ether oxygens (including phenoxy) is 1. The van der Waals surface area contributed by atoms with Gasteiger partial charge in [-0.25, -0.2) is 4.98 Å². The molecule has 0 spiro atoms. The third kappa shape index (κ3) is 2.63. The highest BCUT2D eigenvalue weighted by molar-refractivity contribution is 5.77. The van der Waals surface area contributed by atoms with Crippen molar-refractivity contribution in [2.24, 2.45) is 0 Å². The van der Waals surface area contributed by atoms with Crippen LogP contribution in [0.2, 0.25) is 0 Å². The van der Waals surface area contributed by atoms with E-state index >= 15 is 0 Å². The monoisotopic (exact) mass is 326 g/mol. The van der Waals surface area contributed by atoms with Gasteiger partial charge in [0.1, 0.15) is 11.5 Å². The Hall–Kier alpha value is -2.80. The molecule has 1 aliphatic heterocycles. The largest absolute Gasteiger partial charge is 0.504 e. The molecule has 3 N–H and O–H groups in total. The molecule has 24 heavy (non-hydrogen) atoms. The van der Waals surface area contributed by atoms with Crippen molar-refractivity contribution in [2.45, 2.75) is 18.9 Å². The fraction of sp³-hybridized carbons (Fsp3) is 0.294. The van der Waals surface area contributed by atoms with Crippen LogP contribution in [-0.4, -0.2) is 43.8 Å². The summed E-state index contributed by atoms with van der Waals surface area (Å²) in [4.78, 5) is 8.71. The average Bonchev–Trinajstić information content (AvgIpc) is 3.23. The summed E-state index contributed by atoms with van der Waals surface area (Å²) in [7, 11) is 0. The summed E-state index contributed by atoms with van der Waals surface area (Å²) in [5.74, 6) is 0.485. The fourth-order valence-electron chi connectivity index (χ4n) is 2.96. The number of imidazole rings is 1. The molecule has 1 saturated heterocycles. The van der Waals surface area contributed by atoms with Crippen LogP contribution in [0.4, 0.5) is 5.82 Å². The molecule has 1 aliphatic rings. The van der Waals surface area contributed by atoms with E-state index in [4.69, 9.17) is 4.74 Å². The minimum Gasteiger partial charge on any atom is -0.504 e. The van der Waals surface area contributed by atoms with E-state index in [-0.39, 0.29) is 17.6 Å². The zero-order valence-corrected chi connectivity index (χ0v) is 13.0. The Morgan fingerprint density at radius 2 is 2.21 bits per heavy atom. The quantitative estimate of drug-likeness (QED) is 0.638. The molecule has 7 heteroatoms. The highest BCUT2D eigenvalue weighted by atomic mass is 16.5. The van der Waals surface area contributed by atoms with E-state index in [1.54, 1.807) is 18.5 Å². The Morgan fingerprint density at radius 3 is 3.00 bits per heavy atom. The first-order valence-electron chi connectivity index (χ1n) is 7.92. The van der Waals surface area contributed by atoms with Crippen molar-refractivity contribution in [1.29, 1.82) is 0 Å². The van der Waals surface area contributed by atoms with Crippen molar-refractivity contribution in [3.63, 3.8) is 0 Å². The van der Waals surface area contributed by atoms with Crippen molar-refractivity contribution in [3.8, 4) is 22.8 Å². The predicted molar refractivity (Wildman–Crippen MR) is 89.2 cm³/mol. The normalized spacial score (nSPS) is 17.4.